The van der Waals surface area contributed by atoms with Gasteiger partial charge in [-0.1, -0.05) is 0 Å². The average molecular weight is 241 g/mol. The maximum absolute atomic E-state index is 11.2. The van der Waals surface area contributed by atoms with Crippen molar-refractivity contribution < 1.29 is 14.3 Å². The summed E-state index contributed by atoms with van der Waals surface area (Å²) in [4.78, 5) is 11.2. The second kappa shape index (κ2) is 7.73. The summed E-state index contributed by atoms with van der Waals surface area (Å²) in [6.07, 6.45) is -0.615. The van der Waals surface area contributed by atoms with Gasteiger partial charge in [-0.2, -0.15) is 0 Å². The molecule has 0 bridgehead atoms. The highest BCUT2D eigenvalue weighted by Gasteiger charge is 2.16. The molecule has 0 radical (unpaired) electrons. The molecule has 1 unspecified atom stereocenters. The molecule has 15 heavy (non-hydrogen) atoms. The lowest BCUT2D eigenvalue weighted by Gasteiger charge is -2.21. The molecular weight excluding hydrogens is 220 g/mol. The van der Waals surface area contributed by atoms with Crippen molar-refractivity contribution in [3.05, 3.63) is 0 Å². The van der Waals surface area contributed by atoms with Crippen LogP contribution in [0.3, 0.4) is 0 Å². The normalized spacial score (nSPS) is 12.6. The summed E-state index contributed by atoms with van der Waals surface area (Å²) in [5.74, 6) is 0. The topological polar surface area (TPSA) is 73.6 Å². The first kappa shape index (κ1) is 16.9. The lowest BCUT2D eigenvalue weighted by Crippen LogP contribution is -2.40. The van der Waals surface area contributed by atoms with E-state index in [1.165, 1.54) is 0 Å². The fourth-order valence-electron chi connectivity index (χ4n) is 0.774. The number of alkyl carbamates (subject to hydrolysis) is 1. The fourth-order valence-corrected chi connectivity index (χ4v) is 0.774. The van der Waals surface area contributed by atoms with Crippen molar-refractivity contribution in [2.24, 2.45) is 5.73 Å². The molecular formula is C9H21ClN2O3. The van der Waals surface area contributed by atoms with Crippen molar-refractivity contribution >= 4 is 18.5 Å². The lowest BCUT2D eigenvalue weighted by atomic mass is 10.2. The second-order valence-corrected chi connectivity index (χ2v) is 3.98. The highest BCUT2D eigenvalue weighted by molar-refractivity contribution is 5.85. The van der Waals surface area contributed by atoms with Gasteiger partial charge in [0.15, 0.2) is 0 Å². The Morgan fingerprint density at radius 3 is 2.33 bits per heavy atom. The third-order valence-corrected chi connectivity index (χ3v) is 1.47. The molecule has 0 aliphatic heterocycles. The Kier molecular flexibility index (Phi) is 8.71. The van der Waals surface area contributed by atoms with E-state index in [1.54, 1.807) is 7.11 Å². The third-order valence-electron chi connectivity index (χ3n) is 1.47. The van der Waals surface area contributed by atoms with Crippen molar-refractivity contribution in [1.82, 2.24) is 5.32 Å². The summed E-state index contributed by atoms with van der Waals surface area (Å²) in [7, 11) is 1.55. The van der Waals surface area contributed by atoms with E-state index in [4.69, 9.17) is 15.2 Å². The Labute approximate surface area is 97.1 Å². The Morgan fingerprint density at radius 2 is 2.00 bits per heavy atom. The molecule has 3 N–H and O–H groups in total. The van der Waals surface area contributed by atoms with Gasteiger partial charge in [-0.05, 0) is 20.8 Å². The number of methoxy groups -OCH3 is 1. The number of carbonyl (C=O) groups excluding carboxylic acids is 1. The number of hydrogen-bond acceptors (Lipinski definition) is 4. The van der Waals surface area contributed by atoms with Gasteiger partial charge in [-0.3, -0.25) is 0 Å². The van der Waals surface area contributed by atoms with Crippen molar-refractivity contribution in [1.29, 1.82) is 0 Å². The maximum atomic E-state index is 11.2. The van der Waals surface area contributed by atoms with Crippen LogP contribution >= 0.6 is 12.4 Å². The van der Waals surface area contributed by atoms with Crippen LogP contribution in [0, 0.1) is 0 Å². The van der Waals surface area contributed by atoms with Gasteiger partial charge in [-0.25, -0.2) is 4.79 Å². The maximum Gasteiger partial charge on any atom is 0.407 e. The molecule has 0 aromatic heterocycles. The number of carbonyl (C=O) groups is 1. The summed E-state index contributed by atoms with van der Waals surface area (Å²) < 4.78 is 10.0. The quantitative estimate of drug-likeness (QED) is 0.766. The molecule has 0 spiro atoms. The van der Waals surface area contributed by atoms with Crippen LogP contribution in [0.4, 0.5) is 4.79 Å². The molecule has 6 heteroatoms. The van der Waals surface area contributed by atoms with Crippen molar-refractivity contribution in [3.63, 3.8) is 0 Å². The summed E-state index contributed by atoms with van der Waals surface area (Å²) in [5, 5.41) is 2.57. The van der Waals surface area contributed by atoms with Gasteiger partial charge in [0.05, 0.1) is 6.10 Å². The molecule has 0 fully saturated rings. The van der Waals surface area contributed by atoms with Crippen LogP contribution in [-0.4, -0.2) is 38.0 Å². The summed E-state index contributed by atoms with van der Waals surface area (Å²) in [6, 6.07) is 0. The van der Waals surface area contributed by atoms with E-state index in [-0.39, 0.29) is 18.5 Å². The molecule has 1 atom stereocenters. The van der Waals surface area contributed by atoms with Crippen molar-refractivity contribution in [2.45, 2.75) is 32.5 Å². The van der Waals surface area contributed by atoms with E-state index >= 15 is 0 Å². The predicted molar refractivity (Wildman–Crippen MR) is 61.3 cm³/mol. The SMILES string of the molecule is COC(CN)CNC(=O)OC(C)(C)C.Cl. The van der Waals surface area contributed by atoms with E-state index in [0.717, 1.165) is 0 Å². The zero-order chi connectivity index (χ0) is 11.2. The highest BCUT2D eigenvalue weighted by Crippen LogP contribution is 2.06. The Morgan fingerprint density at radius 1 is 1.47 bits per heavy atom. The van der Waals surface area contributed by atoms with Crippen molar-refractivity contribution in [2.75, 3.05) is 20.2 Å². The number of ether oxygens (including phenoxy) is 2. The minimum Gasteiger partial charge on any atom is -0.444 e. The largest absolute Gasteiger partial charge is 0.444 e. The summed E-state index contributed by atoms with van der Waals surface area (Å²) in [5.41, 5.74) is 4.90. The average Bonchev–Trinajstić information content (AvgIpc) is 2.03. The fraction of sp³-hybridized carbons (Fsp3) is 0.889. The van der Waals surface area contributed by atoms with Gasteiger partial charge in [0.2, 0.25) is 0 Å². The van der Waals surface area contributed by atoms with E-state index in [0.29, 0.717) is 13.1 Å². The first-order valence-electron chi connectivity index (χ1n) is 4.58. The smallest absolute Gasteiger partial charge is 0.407 e. The lowest BCUT2D eigenvalue weighted by molar-refractivity contribution is 0.0465. The second-order valence-electron chi connectivity index (χ2n) is 3.98. The van der Waals surface area contributed by atoms with Crippen LogP contribution < -0.4 is 11.1 Å². The molecule has 0 aromatic carbocycles. The summed E-state index contributed by atoms with van der Waals surface area (Å²) in [6.45, 7) is 6.16. The van der Waals surface area contributed by atoms with E-state index in [2.05, 4.69) is 5.32 Å². The number of hydrogen-bond donors (Lipinski definition) is 2. The van der Waals surface area contributed by atoms with Gasteiger partial charge in [-0.15, -0.1) is 12.4 Å². The third kappa shape index (κ3) is 9.78. The first-order chi connectivity index (χ1) is 6.39. The molecule has 0 heterocycles. The van der Waals surface area contributed by atoms with E-state index in [1.807, 2.05) is 20.8 Å². The number of nitrogens with one attached hydrogen (secondary N) is 1. The van der Waals surface area contributed by atoms with Gasteiger partial charge in [0, 0.05) is 20.2 Å². The molecule has 0 saturated heterocycles. The zero-order valence-corrected chi connectivity index (χ0v) is 10.5. The number of rotatable bonds is 4. The van der Waals surface area contributed by atoms with Crippen LogP contribution in [0.25, 0.3) is 0 Å². The van der Waals surface area contributed by atoms with E-state index in [9.17, 15) is 4.79 Å². The molecule has 5 nitrogen and oxygen atoms in total. The zero-order valence-electron chi connectivity index (χ0n) is 9.70. The Balaban J connectivity index is 0. The van der Waals surface area contributed by atoms with E-state index < -0.39 is 11.7 Å². The molecule has 0 aromatic rings. The van der Waals surface area contributed by atoms with Gasteiger partial charge in [0.1, 0.15) is 5.60 Å². The van der Waals surface area contributed by atoms with Crippen LogP contribution in [0.1, 0.15) is 20.8 Å². The monoisotopic (exact) mass is 240 g/mol. The minimum atomic E-state index is -0.477. The molecule has 1 amide bonds. The molecule has 0 aliphatic rings. The van der Waals surface area contributed by atoms with Crippen LogP contribution in [0.2, 0.25) is 0 Å². The molecule has 92 valence electrons. The van der Waals surface area contributed by atoms with Gasteiger partial charge >= 0.3 is 6.09 Å². The molecule has 0 rings (SSSR count). The van der Waals surface area contributed by atoms with Crippen LogP contribution in [0.5, 0.6) is 0 Å². The van der Waals surface area contributed by atoms with Crippen molar-refractivity contribution in [3.8, 4) is 0 Å². The van der Waals surface area contributed by atoms with Crippen LogP contribution in [-0.2, 0) is 9.47 Å². The number of halogens is 1. The molecule has 0 aliphatic carbocycles. The predicted octanol–water partition coefficient (Wildman–Crippen LogP) is 0.907. The minimum absolute atomic E-state index is 0. The van der Waals surface area contributed by atoms with Gasteiger partial charge < -0.3 is 20.5 Å². The number of amides is 1. The first-order valence-corrected chi connectivity index (χ1v) is 4.58. The Bertz CT molecular complexity index is 179. The Hall–Kier alpha value is -0.520. The summed E-state index contributed by atoms with van der Waals surface area (Å²) >= 11 is 0. The van der Waals surface area contributed by atoms with Crippen LogP contribution in [0.15, 0.2) is 0 Å². The van der Waals surface area contributed by atoms with Gasteiger partial charge in [0.25, 0.3) is 0 Å². The number of nitrogens with two attached hydrogens (primary N) is 1. The standard InChI is InChI=1S/C9H20N2O3.ClH/c1-9(2,3)14-8(12)11-6-7(5-10)13-4;/h7H,5-6,10H2,1-4H3,(H,11,12);1H. The molecule has 0 saturated carbocycles. The highest BCUT2D eigenvalue weighted by atomic mass is 35.5.